The SMILES string of the molecule is Cc1cccc(C)c1-c1cc2nc(n1)NS(=O)(=O)c1cccc(c1)CN[C@@H](c1ccccc1)CO2. The largest absolute Gasteiger partial charge is 0.475 e. The second kappa shape index (κ2) is 9.48. The Morgan fingerprint density at radius 3 is 2.40 bits per heavy atom. The van der Waals surface area contributed by atoms with E-state index in [9.17, 15) is 8.42 Å². The second-order valence-electron chi connectivity index (χ2n) is 8.59. The summed E-state index contributed by atoms with van der Waals surface area (Å²) in [5.41, 5.74) is 5.47. The third kappa shape index (κ3) is 5.03. The average Bonchev–Trinajstić information content (AvgIpc) is 2.84. The van der Waals surface area contributed by atoms with Crippen molar-refractivity contribution in [3.63, 3.8) is 0 Å². The summed E-state index contributed by atoms with van der Waals surface area (Å²) in [5.74, 6) is 0.262. The van der Waals surface area contributed by atoms with Crippen molar-refractivity contribution in [3.8, 4) is 17.1 Å². The number of ether oxygens (including phenoxy) is 1. The molecule has 0 aliphatic carbocycles. The van der Waals surface area contributed by atoms with Crippen LogP contribution in [0.3, 0.4) is 0 Å². The third-order valence-electron chi connectivity index (χ3n) is 6.03. The van der Waals surface area contributed by atoms with E-state index in [1.54, 1.807) is 24.3 Å². The number of aromatic nitrogens is 2. The number of benzene rings is 3. The highest BCUT2D eigenvalue weighted by atomic mass is 32.2. The Labute approximate surface area is 205 Å². The first kappa shape index (κ1) is 23.0. The molecule has 2 N–H and O–H groups in total. The van der Waals surface area contributed by atoms with Gasteiger partial charge in [-0.05, 0) is 48.2 Å². The minimum absolute atomic E-state index is 0.0333. The molecule has 0 spiro atoms. The summed E-state index contributed by atoms with van der Waals surface area (Å²) in [4.78, 5) is 9.11. The van der Waals surface area contributed by atoms with E-state index in [1.165, 1.54) is 0 Å². The van der Waals surface area contributed by atoms with Gasteiger partial charge in [-0.3, -0.25) is 0 Å². The van der Waals surface area contributed by atoms with Crippen molar-refractivity contribution in [1.29, 1.82) is 0 Å². The van der Waals surface area contributed by atoms with E-state index < -0.39 is 10.0 Å². The molecule has 0 amide bonds. The third-order valence-corrected chi connectivity index (χ3v) is 7.35. The fourth-order valence-corrected chi connectivity index (χ4v) is 5.27. The maximum atomic E-state index is 13.2. The number of nitrogens with zero attached hydrogens (tertiary/aromatic N) is 2. The van der Waals surface area contributed by atoms with Gasteiger partial charge < -0.3 is 10.1 Å². The van der Waals surface area contributed by atoms with E-state index >= 15 is 0 Å². The molecule has 1 aliphatic rings. The summed E-state index contributed by atoms with van der Waals surface area (Å²) in [6.07, 6.45) is 0. The maximum Gasteiger partial charge on any atom is 0.264 e. The van der Waals surface area contributed by atoms with Gasteiger partial charge in [0, 0.05) is 18.2 Å². The van der Waals surface area contributed by atoms with Crippen LogP contribution in [-0.4, -0.2) is 25.0 Å². The fraction of sp³-hybridized carbons (Fsp3) is 0.185. The Bertz CT molecular complexity index is 1450. The summed E-state index contributed by atoms with van der Waals surface area (Å²) in [6.45, 7) is 4.78. The first-order chi connectivity index (χ1) is 16.9. The number of sulfonamides is 1. The highest BCUT2D eigenvalue weighted by Gasteiger charge is 2.21. The lowest BCUT2D eigenvalue weighted by molar-refractivity contribution is 0.256. The standard InChI is InChI=1S/C27H26N4O3S/c1-18-8-6-9-19(2)26(18)23-15-25-30-27(29-23)31-35(32,33)22-13-7-10-20(14-22)16-28-24(17-34-25)21-11-4-3-5-12-21/h3-15,24,28H,16-17H2,1-2H3,(H,29,30,31)/t24-/m1/s1. The van der Waals surface area contributed by atoms with Crippen molar-refractivity contribution in [3.05, 3.63) is 101 Å². The fourth-order valence-electron chi connectivity index (χ4n) is 4.26. The van der Waals surface area contributed by atoms with Gasteiger partial charge in [0.05, 0.1) is 16.6 Å². The lowest BCUT2D eigenvalue weighted by atomic mass is 10.00. The van der Waals surface area contributed by atoms with E-state index in [2.05, 4.69) is 20.0 Å². The van der Waals surface area contributed by atoms with Crippen LogP contribution in [0.15, 0.2) is 83.8 Å². The van der Waals surface area contributed by atoms with Gasteiger partial charge in [0.2, 0.25) is 11.8 Å². The normalized spacial score (nSPS) is 17.1. The molecular formula is C27H26N4O3S. The quantitative estimate of drug-likeness (QED) is 0.423. The molecule has 0 saturated heterocycles. The topological polar surface area (TPSA) is 93.2 Å². The van der Waals surface area contributed by atoms with Crippen LogP contribution in [-0.2, 0) is 16.6 Å². The number of hydrogen-bond donors (Lipinski definition) is 2. The molecule has 4 aromatic rings. The van der Waals surface area contributed by atoms with E-state index in [-0.39, 0.29) is 16.9 Å². The summed E-state index contributed by atoms with van der Waals surface area (Å²) in [6, 6.07) is 24.5. The zero-order chi connectivity index (χ0) is 24.4. The molecule has 8 heteroatoms. The van der Waals surface area contributed by atoms with Crippen molar-refractivity contribution < 1.29 is 13.2 Å². The summed E-state index contributed by atoms with van der Waals surface area (Å²) >= 11 is 0. The number of fused-ring (bicyclic) bond motifs is 4. The molecular weight excluding hydrogens is 460 g/mol. The van der Waals surface area contributed by atoms with Gasteiger partial charge in [0.15, 0.2) is 0 Å². The zero-order valence-electron chi connectivity index (χ0n) is 19.5. The molecule has 5 rings (SSSR count). The van der Waals surface area contributed by atoms with Gasteiger partial charge in [-0.2, -0.15) is 4.98 Å². The minimum atomic E-state index is -3.90. The van der Waals surface area contributed by atoms with E-state index in [0.29, 0.717) is 24.7 Å². The number of anilines is 1. The highest BCUT2D eigenvalue weighted by Crippen LogP contribution is 2.30. The first-order valence-corrected chi connectivity index (χ1v) is 12.9. The number of rotatable bonds is 2. The predicted molar refractivity (Wildman–Crippen MR) is 136 cm³/mol. The molecule has 1 aliphatic heterocycles. The monoisotopic (exact) mass is 486 g/mol. The van der Waals surface area contributed by atoms with Crippen LogP contribution in [0, 0.1) is 13.8 Å². The highest BCUT2D eigenvalue weighted by molar-refractivity contribution is 7.92. The smallest absolute Gasteiger partial charge is 0.264 e. The van der Waals surface area contributed by atoms with E-state index in [0.717, 1.165) is 27.8 Å². The summed E-state index contributed by atoms with van der Waals surface area (Å²) in [5, 5.41) is 3.50. The van der Waals surface area contributed by atoms with Crippen molar-refractivity contribution in [2.45, 2.75) is 31.3 Å². The Balaban J connectivity index is 1.63. The average molecular weight is 487 g/mol. The summed E-state index contributed by atoms with van der Waals surface area (Å²) in [7, 11) is -3.90. The number of nitrogens with one attached hydrogen (secondary N) is 2. The van der Waals surface area contributed by atoms with Gasteiger partial charge in [-0.1, -0.05) is 60.7 Å². The van der Waals surface area contributed by atoms with Crippen molar-refractivity contribution >= 4 is 16.0 Å². The molecule has 0 unspecified atom stereocenters. The molecule has 1 aromatic heterocycles. The number of hydrogen-bond acceptors (Lipinski definition) is 6. The molecule has 0 radical (unpaired) electrons. The van der Waals surface area contributed by atoms with Gasteiger partial charge >= 0.3 is 0 Å². The molecule has 0 saturated carbocycles. The minimum Gasteiger partial charge on any atom is -0.475 e. The lowest BCUT2D eigenvalue weighted by Gasteiger charge is -2.20. The Hall–Kier alpha value is -3.75. The molecule has 7 nitrogen and oxygen atoms in total. The van der Waals surface area contributed by atoms with Crippen LogP contribution < -0.4 is 14.8 Å². The zero-order valence-corrected chi connectivity index (χ0v) is 20.3. The van der Waals surface area contributed by atoms with E-state index in [1.807, 2.05) is 68.4 Å². The van der Waals surface area contributed by atoms with Crippen molar-refractivity contribution in [1.82, 2.24) is 15.3 Å². The molecule has 1 atom stereocenters. The van der Waals surface area contributed by atoms with Gasteiger partial charge in [-0.15, -0.1) is 0 Å². The van der Waals surface area contributed by atoms with Crippen LogP contribution >= 0.6 is 0 Å². The molecule has 0 fully saturated rings. The molecule has 178 valence electrons. The summed E-state index contributed by atoms with van der Waals surface area (Å²) < 4.78 is 35.1. The second-order valence-corrected chi connectivity index (χ2v) is 10.3. The Morgan fingerprint density at radius 2 is 1.63 bits per heavy atom. The van der Waals surface area contributed by atoms with Crippen LogP contribution in [0.25, 0.3) is 11.3 Å². The first-order valence-electron chi connectivity index (χ1n) is 11.4. The van der Waals surface area contributed by atoms with Crippen LogP contribution in [0.4, 0.5) is 5.95 Å². The van der Waals surface area contributed by atoms with Crippen LogP contribution in [0.2, 0.25) is 0 Å². The molecule has 4 bridgehead atoms. The van der Waals surface area contributed by atoms with Gasteiger partial charge in [0.1, 0.15) is 6.61 Å². The van der Waals surface area contributed by atoms with Crippen LogP contribution in [0.5, 0.6) is 5.88 Å². The number of aryl methyl sites for hydroxylation is 2. The Kier molecular flexibility index (Phi) is 6.23. The lowest BCUT2D eigenvalue weighted by Crippen LogP contribution is -2.26. The van der Waals surface area contributed by atoms with Gasteiger partial charge in [-0.25, -0.2) is 18.1 Å². The Morgan fingerprint density at radius 1 is 0.886 bits per heavy atom. The molecule has 2 heterocycles. The maximum absolute atomic E-state index is 13.2. The predicted octanol–water partition coefficient (Wildman–Crippen LogP) is 4.78. The van der Waals surface area contributed by atoms with E-state index in [4.69, 9.17) is 4.74 Å². The van der Waals surface area contributed by atoms with Gasteiger partial charge in [0.25, 0.3) is 10.0 Å². The molecule has 35 heavy (non-hydrogen) atoms. The van der Waals surface area contributed by atoms with Crippen molar-refractivity contribution in [2.75, 3.05) is 11.3 Å². The van der Waals surface area contributed by atoms with Crippen LogP contribution in [0.1, 0.15) is 28.3 Å². The van der Waals surface area contributed by atoms with Crippen molar-refractivity contribution in [2.24, 2.45) is 0 Å². The molecule has 3 aromatic carbocycles.